The molecule has 0 aliphatic heterocycles. The van der Waals surface area contributed by atoms with Crippen LogP contribution < -0.4 is 43.7 Å². The Bertz CT molecular complexity index is 3110. The zero-order valence-corrected chi connectivity index (χ0v) is 30.9. The van der Waals surface area contributed by atoms with Crippen LogP contribution in [-0.4, -0.2) is 62.8 Å². The van der Waals surface area contributed by atoms with Crippen LogP contribution in [0.15, 0.2) is 114 Å². The fraction of sp³-hybridized carbons (Fsp3) is 0.0638. The van der Waals surface area contributed by atoms with Crippen molar-refractivity contribution in [2.75, 3.05) is 0 Å². The minimum atomic E-state index is -0.287. The summed E-state index contributed by atoms with van der Waals surface area (Å²) in [6.07, 6.45) is 0. The average molecular weight is 691 g/mol. The minimum Gasteiger partial charge on any atom is -0.456 e. The molecule has 0 bridgehead atoms. The average Bonchev–Trinajstić information content (AvgIpc) is 3.72. The van der Waals surface area contributed by atoms with Crippen LogP contribution in [0, 0.1) is 0 Å². The van der Waals surface area contributed by atoms with Gasteiger partial charge in [-0.3, -0.25) is 0 Å². The summed E-state index contributed by atoms with van der Waals surface area (Å²) in [7, 11) is 55.2. The van der Waals surface area contributed by atoms with Gasteiger partial charge in [-0.1, -0.05) is 133 Å². The first-order valence-corrected chi connectivity index (χ1v) is 18.4. The fourth-order valence-electron chi connectivity index (χ4n) is 9.30. The highest BCUT2D eigenvalue weighted by Crippen LogP contribution is 2.54. The van der Waals surface area contributed by atoms with E-state index in [0.29, 0.717) is 32.7 Å². The maximum atomic E-state index is 7.10. The van der Waals surface area contributed by atoms with Crippen molar-refractivity contribution in [3.8, 4) is 44.5 Å². The molecule has 1 aromatic heterocycles. The van der Waals surface area contributed by atoms with E-state index in [9.17, 15) is 0 Å². The Morgan fingerprint density at radius 1 is 0.357 bits per heavy atom. The molecule has 8 aromatic carbocycles. The van der Waals surface area contributed by atoms with Crippen LogP contribution >= 0.6 is 0 Å². The molecule has 0 unspecified atom stereocenters. The van der Waals surface area contributed by atoms with E-state index in [-0.39, 0.29) is 49.1 Å². The predicted octanol–water partition coefficient (Wildman–Crippen LogP) is 3.55. The van der Waals surface area contributed by atoms with Crippen LogP contribution in [-0.2, 0) is 5.41 Å². The van der Waals surface area contributed by atoms with Crippen LogP contribution in [0.3, 0.4) is 0 Å². The second kappa shape index (κ2) is 12.3. The van der Waals surface area contributed by atoms with Gasteiger partial charge in [0.1, 0.15) is 73.9 Å². The van der Waals surface area contributed by atoms with Gasteiger partial charge in [-0.25, -0.2) is 0 Å². The van der Waals surface area contributed by atoms with Crippen molar-refractivity contribution in [3.05, 3.63) is 120 Å². The van der Waals surface area contributed by atoms with Gasteiger partial charge in [0.05, 0.1) is 0 Å². The number of rotatable bonds is 3. The maximum Gasteiger partial charge on any atom is 0.136 e. The van der Waals surface area contributed by atoms with Crippen molar-refractivity contribution < 1.29 is 4.42 Å². The molecule has 0 fully saturated rings. The summed E-state index contributed by atoms with van der Waals surface area (Å²) in [4.78, 5) is 0. The van der Waals surface area contributed by atoms with Crippen molar-refractivity contribution >= 4 is 150 Å². The Kier molecular flexibility index (Phi) is 7.70. The normalized spacial score (nSPS) is 13.2. The largest absolute Gasteiger partial charge is 0.456 e. The molecular weight excluding hydrogens is 667 g/mol. The zero-order valence-electron chi connectivity index (χ0n) is 30.9. The Balaban J connectivity index is 1.35. The first-order chi connectivity index (χ1) is 26.9. The lowest BCUT2D eigenvalue weighted by atomic mass is 9.59. The van der Waals surface area contributed by atoms with Crippen LogP contribution in [0.5, 0.6) is 0 Å². The Morgan fingerprint density at radius 3 is 1.46 bits per heavy atom. The summed E-state index contributed by atoms with van der Waals surface area (Å²) in [5, 5.41) is 4.46. The van der Waals surface area contributed by atoms with Gasteiger partial charge in [0.2, 0.25) is 0 Å². The number of fused-ring (bicyclic) bond motifs is 8. The zero-order chi connectivity index (χ0) is 38.9. The maximum absolute atomic E-state index is 7.10. The molecule has 1 aliphatic rings. The SMILES string of the molecule is [B]c1c([B])c([B])c2c(-c3cccc4c3-c3ccccc3C4(C)C)c3c([B])c([B])c([B])c([B])c3c(-c3ccc(-c4cccc5oc6ccccc6c45)cc3)c2c1[B]. The van der Waals surface area contributed by atoms with E-state index in [1.165, 1.54) is 5.56 Å². The lowest BCUT2D eigenvalue weighted by Crippen LogP contribution is -2.50. The number of hydrogen-bond acceptors (Lipinski definition) is 1. The highest BCUT2D eigenvalue weighted by molar-refractivity contribution is 6.71. The molecule has 0 N–H and O–H groups in total. The minimum absolute atomic E-state index is 0.177. The van der Waals surface area contributed by atoms with Gasteiger partial charge in [0.15, 0.2) is 0 Å². The van der Waals surface area contributed by atoms with E-state index in [0.717, 1.165) is 60.9 Å². The summed E-state index contributed by atoms with van der Waals surface area (Å²) in [6, 6.07) is 37.1. The number of hydrogen-bond donors (Lipinski definition) is 0. The van der Waals surface area contributed by atoms with E-state index in [1.54, 1.807) is 0 Å². The molecule has 1 nitrogen and oxygen atoms in total. The fourth-order valence-corrected chi connectivity index (χ4v) is 9.30. The van der Waals surface area contributed by atoms with Crippen molar-refractivity contribution in [2.24, 2.45) is 0 Å². The van der Waals surface area contributed by atoms with Gasteiger partial charge in [0.25, 0.3) is 0 Å². The number of furan rings is 1. The van der Waals surface area contributed by atoms with Crippen LogP contribution in [0.1, 0.15) is 25.0 Å². The van der Waals surface area contributed by atoms with Crippen LogP contribution in [0.25, 0.3) is 88.0 Å². The topological polar surface area (TPSA) is 13.1 Å². The Morgan fingerprint density at radius 2 is 0.821 bits per heavy atom. The third-order valence-corrected chi connectivity index (χ3v) is 12.1. The third kappa shape index (κ3) is 4.61. The Hall–Kier alpha value is -5.40. The van der Waals surface area contributed by atoms with E-state index in [1.807, 2.05) is 42.5 Å². The van der Waals surface area contributed by atoms with Crippen molar-refractivity contribution in [1.29, 1.82) is 0 Å². The Labute approximate surface area is 336 Å². The number of para-hydroxylation sites is 1. The second-order valence-corrected chi connectivity index (χ2v) is 15.3. The smallest absolute Gasteiger partial charge is 0.136 e. The molecule has 10 rings (SSSR count). The first-order valence-electron chi connectivity index (χ1n) is 18.4. The van der Waals surface area contributed by atoms with E-state index < -0.39 is 0 Å². The molecule has 1 aliphatic carbocycles. The molecule has 9 heteroatoms. The van der Waals surface area contributed by atoms with Gasteiger partial charge in [-0.05, 0) is 89.3 Å². The molecule has 16 radical (unpaired) electrons. The lowest BCUT2D eigenvalue weighted by Gasteiger charge is -2.29. The van der Waals surface area contributed by atoms with Gasteiger partial charge in [-0.15, -0.1) is 21.9 Å². The quantitative estimate of drug-likeness (QED) is 0.204. The molecule has 242 valence electrons. The summed E-state index contributed by atoms with van der Waals surface area (Å²) in [5.41, 5.74) is 12.7. The van der Waals surface area contributed by atoms with Crippen molar-refractivity contribution in [3.63, 3.8) is 0 Å². The summed E-state index contributed by atoms with van der Waals surface area (Å²) >= 11 is 0. The molecule has 9 aromatic rings. The third-order valence-electron chi connectivity index (χ3n) is 12.1. The second-order valence-electron chi connectivity index (χ2n) is 15.3. The lowest BCUT2D eigenvalue weighted by molar-refractivity contribution is 0.660. The van der Waals surface area contributed by atoms with Gasteiger partial charge < -0.3 is 4.42 Å². The summed E-state index contributed by atoms with van der Waals surface area (Å²) in [6.45, 7) is 4.46. The van der Waals surface area contributed by atoms with E-state index in [4.69, 9.17) is 67.2 Å². The summed E-state index contributed by atoms with van der Waals surface area (Å²) in [5.74, 6) is 0. The molecule has 0 saturated heterocycles. The van der Waals surface area contributed by atoms with Gasteiger partial charge >= 0.3 is 0 Å². The molecule has 0 atom stereocenters. The van der Waals surface area contributed by atoms with Crippen molar-refractivity contribution in [1.82, 2.24) is 0 Å². The van der Waals surface area contributed by atoms with Gasteiger partial charge in [-0.2, -0.15) is 0 Å². The summed E-state index contributed by atoms with van der Waals surface area (Å²) < 4.78 is 6.21. The molecular formula is C47H24B8O. The van der Waals surface area contributed by atoms with Crippen LogP contribution in [0.4, 0.5) is 0 Å². The van der Waals surface area contributed by atoms with Crippen LogP contribution in [0.2, 0.25) is 0 Å². The van der Waals surface area contributed by atoms with Crippen molar-refractivity contribution in [2.45, 2.75) is 19.3 Å². The van der Waals surface area contributed by atoms with E-state index >= 15 is 0 Å². The first kappa shape index (κ1) is 35.0. The molecule has 0 spiro atoms. The standard InChI is InChI=1S/C47H24B8O/c1-47(2)27-13-5-3-9-24(27)32-26(12-7-14-28(32)47)34-37-35(39(48)43(52)45(54)41(37)50)31(36-38(34)42(51)46(55)44(53)40(36)49)22-19-17-21(18-20-22)23-11-8-16-30-33(23)25-10-4-6-15-29(25)56-30/h3-20H,1-2H3. The highest BCUT2D eigenvalue weighted by Gasteiger charge is 2.37. The molecule has 1 heterocycles. The molecule has 56 heavy (non-hydrogen) atoms. The highest BCUT2D eigenvalue weighted by atomic mass is 16.3. The van der Waals surface area contributed by atoms with E-state index in [2.05, 4.69) is 80.6 Å². The predicted molar refractivity (Wildman–Crippen MR) is 246 cm³/mol. The number of benzene rings is 8. The molecule has 0 saturated carbocycles. The molecule has 0 amide bonds. The van der Waals surface area contributed by atoms with Gasteiger partial charge in [0, 0.05) is 16.2 Å². The monoisotopic (exact) mass is 692 g/mol.